The number of hydrogen-bond acceptors (Lipinski definition) is 2. The van der Waals surface area contributed by atoms with Crippen LogP contribution in [0.15, 0.2) is 0 Å². The molecule has 1 saturated heterocycles. The molecule has 1 aliphatic rings. The Labute approximate surface area is 117 Å². The third-order valence-electron chi connectivity index (χ3n) is 2.79. The van der Waals surface area contributed by atoms with Gasteiger partial charge in [-0.25, -0.2) is 0 Å². The number of rotatable bonds is 8. The van der Waals surface area contributed by atoms with Crippen LogP contribution in [0.5, 0.6) is 0 Å². The van der Waals surface area contributed by atoms with Gasteiger partial charge in [-0.15, -0.1) is 0 Å². The van der Waals surface area contributed by atoms with Gasteiger partial charge in [0.25, 0.3) is 0 Å². The summed E-state index contributed by atoms with van der Waals surface area (Å²) in [6.07, 6.45) is -0.689. The third-order valence-corrected chi connectivity index (χ3v) is 2.79. The smallest absolute Gasteiger partial charge is 0.372 e. The maximum atomic E-state index is 13.1. The van der Waals surface area contributed by atoms with E-state index in [1.807, 2.05) is 0 Å². The Balaban J connectivity index is 2.96. The average Bonchev–Trinajstić information content (AvgIpc) is 3.10. The molecule has 0 aromatic heterocycles. The molecule has 0 aromatic rings. The molecule has 1 atom stereocenters. The molecular formula is C10H10F10O2. The zero-order valence-electron chi connectivity index (χ0n) is 10.8. The van der Waals surface area contributed by atoms with Crippen LogP contribution in [0.2, 0.25) is 0 Å². The molecule has 0 aliphatic carbocycles. The number of alkyl halides is 10. The zero-order valence-corrected chi connectivity index (χ0v) is 10.8. The SMILES string of the molecule is CC(F)(F)C(F)(F)C(F)(F)C(F)(F)C(F)(F)COCC1CO1. The van der Waals surface area contributed by atoms with E-state index in [1.165, 1.54) is 0 Å². The molecule has 0 saturated carbocycles. The molecule has 1 heterocycles. The summed E-state index contributed by atoms with van der Waals surface area (Å²) in [6, 6.07) is 0. The summed E-state index contributed by atoms with van der Waals surface area (Å²) in [5.41, 5.74) is 0. The molecule has 1 fully saturated rings. The van der Waals surface area contributed by atoms with Gasteiger partial charge >= 0.3 is 29.6 Å². The lowest BCUT2D eigenvalue weighted by Gasteiger charge is -2.38. The predicted molar refractivity (Wildman–Crippen MR) is 51.0 cm³/mol. The molecule has 22 heavy (non-hydrogen) atoms. The van der Waals surface area contributed by atoms with Crippen molar-refractivity contribution in [2.24, 2.45) is 0 Å². The second-order valence-electron chi connectivity index (χ2n) is 4.79. The lowest BCUT2D eigenvalue weighted by Crippen LogP contribution is -2.67. The van der Waals surface area contributed by atoms with Crippen molar-refractivity contribution in [3.05, 3.63) is 0 Å². The standard InChI is InChI=1S/C10H10F10O2/c1-6(11,12)8(15,16)10(19,20)9(17,18)7(13,14)4-21-2-5-3-22-5/h5H,2-4H2,1H3. The van der Waals surface area contributed by atoms with Crippen molar-refractivity contribution in [1.29, 1.82) is 0 Å². The Morgan fingerprint density at radius 3 is 1.68 bits per heavy atom. The van der Waals surface area contributed by atoms with Gasteiger partial charge in [0.05, 0.1) is 13.2 Å². The molecular weight excluding hydrogens is 342 g/mol. The first-order chi connectivity index (χ1) is 9.58. The summed E-state index contributed by atoms with van der Waals surface area (Å²) >= 11 is 0. The van der Waals surface area contributed by atoms with E-state index in [9.17, 15) is 43.9 Å². The summed E-state index contributed by atoms with van der Waals surface area (Å²) in [6.45, 7) is -3.73. The highest BCUT2D eigenvalue weighted by Gasteiger charge is 2.85. The Bertz CT molecular complexity index is 399. The van der Waals surface area contributed by atoms with Crippen molar-refractivity contribution in [2.75, 3.05) is 19.8 Å². The number of epoxide rings is 1. The number of hydrogen-bond donors (Lipinski definition) is 0. The van der Waals surface area contributed by atoms with Crippen molar-refractivity contribution in [2.45, 2.75) is 42.6 Å². The molecule has 2 nitrogen and oxygen atoms in total. The van der Waals surface area contributed by atoms with Crippen LogP contribution in [-0.2, 0) is 9.47 Å². The maximum absolute atomic E-state index is 13.1. The normalized spacial score (nSPS) is 21.1. The van der Waals surface area contributed by atoms with Crippen molar-refractivity contribution >= 4 is 0 Å². The van der Waals surface area contributed by atoms with E-state index in [0.29, 0.717) is 0 Å². The van der Waals surface area contributed by atoms with Crippen molar-refractivity contribution in [3.63, 3.8) is 0 Å². The highest BCUT2D eigenvalue weighted by molar-refractivity contribution is 5.07. The van der Waals surface area contributed by atoms with Crippen LogP contribution in [0.1, 0.15) is 6.92 Å². The van der Waals surface area contributed by atoms with Gasteiger partial charge in [-0.2, -0.15) is 43.9 Å². The minimum Gasteiger partial charge on any atom is -0.372 e. The van der Waals surface area contributed by atoms with Crippen molar-refractivity contribution in [1.82, 2.24) is 0 Å². The predicted octanol–water partition coefficient (Wildman–Crippen LogP) is 3.60. The molecule has 132 valence electrons. The topological polar surface area (TPSA) is 21.8 Å². The number of halogens is 10. The van der Waals surface area contributed by atoms with Gasteiger partial charge in [0.2, 0.25) is 0 Å². The van der Waals surface area contributed by atoms with Crippen LogP contribution in [0.25, 0.3) is 0 Å². The molecule has 0 bridgehead atoms. The Kier molecular flexibility index (Phi) is 4.72. The Morgan fingerprint density at radius 2 is 1.32 bits per heavy atom. The quantitative estimate of drug-likeness (QED) is 0.492. The van der Waals surface area contributed by atoms with Crippen LogP contribution in [-0.4, -0.2) is 55.5 Å². The highest BCUT2D eigenvalue weighted by Crippen LogP contribution is 2.56. The number of ether oxygens (including phenoxy) is 2. The molecule has 0 spiro atoms. The molecule has 0 aromatic carbocycles. The summed E-state index contributed by atoms with van der Waals surface area (Å²) in [7, 11) is 0. The minimum absolute atomic E-state index is 0.0677. The van der Waals surface area contributed by atoms with Crippen LogP contribution in [0.3, 0.4) is 0 Å². The van der Waals surface area contributed by atoms with Crippen molar-refractivity contribution in [3.8, 4) is 0 Å². The maximum Gasteiger partial charge on any atom is 0.384 e. The van der Waals surface area contributed by atoms with Crippen molar-refractivity contribution < 1.29 is 53.4 Å². The van der Waals surface area contributed by atoms with Crippen LogP contribution in [0, 0.1) is 0 Å². The molecule has 0 N–H and O–H groups in total. The monoisotopic (exact) mass is 352 g/mol. The van der Waals surface area contributed by atoms with Gasteiger partial charge in [-0.3, -0.25) is 0 Å². The lowest BCUT2D eigenvalue weighted by molar-refractivity contribution is -0.402. The summed E-state index contributed by atoms with van der Waals surface area (Å²) in [5, 5.41) is 0. The molecule has 0 radical (unpaired) electrons. The van der Waals surface area contributed by atoms with E-state index >= 15 is 0 Å². The van der Waals surface area contributed by atoms with E-state index in [2.05, 4.69) is 9.47 Å². The summed E-state index contributed by atoms with van der Waals surface area (Å²) in [4.78, 5) is 0. The Hall–Kier alpha value is -0.780. The fraction of sp³-hybridized carbons (Fsp3) is 1.00. The first kappa shape index (κ1) is 19.3. The van der Waals surface area contributed by atoms with Gasteiger partial charge in [0.15, 0.2) is 0 Å². The average molecular weight is 352 g/mol. The first-order valence-electron chi connectivity index (χ1n) is 5.66. The van der Waals surface area contributed by atoms with E-state index < -0.39 is 55.9 Å². The molecule has 1 rings (SSSR count). The van der Waals surface area contributed by atoms with Gasteiger partial charge in [-0.1, -0.05) is 0 Å². The second kappa shape index (κ2) is 5.39. The van der Waals surface area contributed by atoms with Gasteiger partial charge in [-0.05, 0) is 0 Å². The van der Waals surface area contributed by atoms with E-state index in [1.54, 1.807) is 0 Å². The second-order valence-corrected chi connectivity index (χ2v) is 4.79. The summed E-state index contributed by atoms with van der Waals surface area (Å²) < 4.78 is 137. The first-order valence-corrected chi connectivity index (χ1v) is 5.66. The zero-order chi connectivity index (χ0) is 17.6. The largest absolute Gasteiger partial charge is 0.384 e. The lowest BCUT2D eigenvalue weighted by atomic mass is 9.95. The van der Waals surface area contributed by atoms with E-state index in [4.69, 9.17) is 0 Å². The molecule has 1 unspecified atom stereocenters. The van der Waals surface area contributed by atoms with Gasteiger partial charge in [0.1, 0.15) is 12.7 Å². The van der Waals surface area contributed by atoms with Gasteiger partial charge in [0, 0.05) is 6.92 Å². The highest BCUT2D eigenvalue weighted by atomic mass is 19.4. The minimum atomic E-state index is -7.01. The van der Waals surface area contributed by atoms with Crippen LogP contribution in [0.4, 0.5) is 43.9 Å². The Morgan fingerprint density at radius 1 is 0.864 bits per heavy atom. The fourth-order valence-electron chi connectivity index (χ4n) is 1.28. The molecule has 0 amide bonds. The van der Waals surface area contributed by atoms with E-state index in [0.717, 1.165) is 0 Å². The van der Waals surface area contributed by atoms with Gasteiger partial charge < -0.3 is 9.47 Å². The van der Waals surface area contributed by atoms with Crippen LogP contribution < -0.4 is 0 Å². The van der Waals surface area contributed by atoms with Crippen LogP contribution >= 0.6 is 0 Å². The molecule has 12 heteroatoms. The fourth-order valence-corrected chi connectivity index (χ4v) is 1.28. The summed E-state index contributed by atoms with van der Waals surface area (Å²) in [5.74, 6) is -31.9. The van der Waals surface area contributed by atoms with E-state index in [-0.39, 0.29) is 6.61 Å². The third kappa shape index (κ3) is 3.12. The molecule has 1 aliphatic heterocycles.